The van der Waals surface area contributed by atoms with Gasteiger partial charge in [0.05, 0.1) is 28.1 Å². The zero-order valence-corrected chi connectivity index (χ0v) is 17.9. The molecule has 10 heteroatoms. The van der Waals surface area contributed by atoms with Gasteiger partial charge in [0.15, 0.2) is 5.69 Å². The van der Waals surface area contributed by atoms with E-state index in [-0.39, 0.29) is 30.7 Å². The Bertz CT molecular complexity index is 774. The molecule has 150 valence electrons. The number of hydrogen-bond donors (Lipinski definition) is 2. The Morgan fingerprint density at radius 1 is 1.30 bits per heavy atom. The van der Waals surface area contributed by atoms with E-state index in [0.717, 1.165) is 37.3 Å². The van der Waals surface area contributed by atoms with E-state index in [2.05, 4.69) is 20.9 Å². The summed E-state index contributed by atoms with van der Waals surface area (Å²) in [4.78, 5) is 14.6. The summed E-state index contributed by atoms with van der Waals surface area (Å²) in [6.07, 6.45) is 1.98. The molecule has 0 unspecified atom stereocenters. The maximum absolute atomic E-state index is 12.7. The maximum Gasteiger partial charge on any atom is 0.278 e. The number of hydrogen-bond acceptors (Lipinski definition) is 5. The number of benzene rings is 1. The van der Waals surface area contributed by atoms with E-state index in [4.69, 9.17) is 11.6 Å². The van der Waals surface area contributed by atoms with Gasteiger partial charge in [0.2, 0.25) is 0 Å². The SMILES string of the molecule is Cc1c(C(=O)Nc2cccc(Cl)c2N(C)C)nnn1C1CCNCC1.Cl.Cl. The normalized spacial score (nSPS) is 14.1. The molecule has 1 fully saturated rings. The van der Waals surface area contributed by atoms with Crippen LogP contribution in [-0.2, 0) is 0 Å². The number of nitrogens with zero attached hydrogens (tertiary/aromatic N) is 4. The van der Waals surface area contributed by atoms with Gasteiger partial charge in [-0.2, -0.15) is 0 Å². The van der Waals surface area contributed by atoms with Crippen molar-refractivity contribution in [2.24, 2.45) is 0 Å². The van der Waals surface area contributed by atoms with Gasteiger partial charge in [-0.1, -0.05) is 22.9 Å². The Kier molecular flexibility index (Phi) is 8.81. The van der Waals surface area contributed by atoms with E-state index >= 15 is 0 Å². The molecule has 0 spiro atoms. The van der Waals surface area contributed by atoms with Crippen LogP contribution in [0.2, 0.25) is 5.02 Å². The summed E-state index contributed by atoms with van der Waals surface area (Å²) in [6.45, 7) is 3.81. The van der Waals surface area contributed by atoms with E-state index in [0.29, 0.717) is 22.4 Å². The second-order valence-corrected chi connectivity index (χ2v) is 6.84. The van der Waals surface area contributed by atoms with E-state index in [1.54, 1.807) is 6.07 Å². The van der Waals surface area contributed by atoms with E-state index in [1.807, 2.05) is 42.7 Å². The molecule has 27 heavy (non-hydrogen) atoms. The van der Waals surface area contributed by atoms with Crippen LogP contribution in [0.4, 0.5) is 11.4 Å². The molecule has 2 aromatic rings. The molecule has 1 aliphatic rings. The number of aromatic nitrogens is 3. The summed E-state index contributed by atoms with van der Waals surface area (Å²) in [5.74, 6) is -0.275. The zero-order chi connectivity index (χ0) is 18.0. The molecule has 3 rings (SSSR count). The third-order valence-corrected chi connectivity index (χ3v) is 4.78. The monoisotopic (exact) mass is 434 g/mol. The van der Waals surface area contributed by atoms with Crippen molar-refractivity contribution >= 4 is 53.7 Å². The van der Waals surface area contributed by atoms with Crippen molar-refractivity contribution in [3.63, 3.8) is 0 Å². The molecule has 0 atom stereocenters. The van der Waals surface area contributed by atoms with Gasteiger partial charge < -0.3 is 15.5 Å². The van der Waals surface area contributed by atoms with Crippen LogP contribution in [0.15, 0.2) is 18.2 Å². The third kappa shape index (κ3) is 5.04. The fourth-order valence-electron chi connectivity index (χ4n) is 3.20. The zero-order valence-electron chi connectivity index (χ0n) is 15.5. The smallest absolute Gasteiger partial charge is 0.278 e. The average Bonchev–Trinajstić information content (AvgIpc) is 2.97. The molecule has 1 aromatic carbocycles. The molecule has 0 aliphatic carbocycles. The van der Waals surface area contributed by atoms with Crippen molar-refractivity contribution in [2.75, 3.05) is 37.4 Å². The molecule has 1 aliphatic heterocycles. The molecule has 1 saturated heterocycles. The highest BCUT2D eigenvalue weighted by Gasteiger charge is 2.23. The van der Waals surface area contributed by atoms with Crippen molar-refractivity contribution in [3.05, 3.63) is 34.6 Å². The molecule has 2 N–H and O–H groups in total. The molecule has 2 heterocycles. The first-order valence-corrected chi connectivity index (χ1v) is 8.76. The fraction of sp³-hybridized carbons (Fsp3) is 0.471. The number of carbonyl (C=O) groups excluding carboxylic acids is 1. The lowest BCUT2D eigenvalue weighted by Crippen LogP contribution is -2.30. The van der Waals surface area contributed by atoms with Crippen LogP contribution in [0.1, 0.15) is 35.1 Å². The highest BCUT2D eigenvalue weighted by Crippen LogP contribution is 2.32. The highest BCUT2D eigenvalue weighted by atomic mass is 35.5. The lowest BCUT2D eigenvalue weighted by molar-refractivity contribution is 0.102. The Hall–Kier alpha value is -1.54. The summed E-state index contributed by atoms with van der Waals surface area (Å²) in [6, 6.07) is 5.72. The molecule has 1 aromatic heterocycles. The molecule has 0 bridgehead atoms. The number of para-hydroxylation sites is 1. The van der Waals surface area contributed by atoms with Crippen molar-refractivity contribution in [2.45, 2.75) is 25.8 Å². The van der Waals surface area contributed by atoms with Crippen LogP contribution in [0.3, 0.4) is 0 Å². The Balaban J connectivity index is 0.00000182. The minimum atomic E-state index is -0.275. The average molecular weight is 436 g/mol. The molecule has 1 amide bonds. The molecule has 7 nitrogen and oxygen atoms in total. The molecular weight excluding hydrogens is 411 g/mol. The highest BCUT2D eigenvalue weighted by molar-refractivity contribution is 6.34. The lowest BCUT2D eigenvalue weighted by Gasteiger charge is -2.23. The van der Waals surface area contributed by atoms with Crippen LogP contribution in [0.25, 0.3) is 0 Å². The van der Waals surface area contributed by atoms with Crippen LogP contribution < -0.4 is 15.5 Å². The lowest BCUT2D eigenvalue weighted by atomic mass is 10.1. The molecule has 0 saturated carbocycles. The van der Waals surface area contributed by atoms with Crippen molar-refractivity contribution in [1.29, 1.82) is 0 Å². The second-order valence-electron chi connectivity index (χ2n) is 6.43. The van der Waals surface area contributed by atoms with Crippen molar-refractivity contribution < 1.29 is 4.79 Å². The van der Waals surface area contributed by atoms with E-state index in [1.165, 1.54) is 0 Å². The van der Waals surface area contributed by atoms with Gasteiger partial charge in [0, 0.05) is 14.1 Å². The summed E-state index contributed by atoms with van der Waals surface area (Å²) >= 11 is 6.26. The number of halogens is 3. The van der Waals surface area contributed by atoms with Gasteiger partial charge in [-0.25, -0.2) is 4.68 Å². The first-order chi connectivity index (χ1) is 12.0. The summed E-state index contributed by atoms with van der Waals surface area (Å²) in [5, 5.41) is 15.2. The van der Waals surface area contributed by atoms with Gasteiger partial charge in [-0.3, -0.25) is 4.79 Å². The fourth-order valence-corrected chi connectivity index (χ4v) is 3.54. The van der Waals surface area contributed by atoms with E-state index < -0.39 is 0 Å². The predicted molar refractivity (Wildman–Crippen MR) is 114 cm³/mol. The molecular formula is C17H25Cl3N6O. The van der Waals surface area contributed by atoms with Crippen molar-refractivity contribution in [1.82, 2.24) is 20.3 Å². The number of carbonyl (C=O) groups is 1. The first-order valence-electron chi connectivity index (χ1n) is 8.38. The predicted octanol–water partition coefficient (Wildman–Crippen LogP) is 3.33. The summed E-state index contributed by atoms with van der Waals surface area (Å²) < 4.78 is 1.88. The summed E-state index contributed by atoms with van der Waals surface area (Å²) in [5.41, 5.74) is 2.56. The van der Waals surface area contributed by atoms with Gasteiger partial charge in [0.25, 0.3) is 5.91 Å². The second kappa shape index (κ2) is 10.1. The van der Waals surface area contributed by atoms with Crippen LogP contribution in [0.5, 0.6) is 0 Å². The Morgan fingerprint density at radius 3 is 2.59 bits per heavy atom. The Morgan fingerprint density at radius 2 is 1.96 bits per heavy atom. The van der Waals surface area contributed by atoms with Gasteiger partial charge >= 0.3 is 0 Å². The topological polar surface area (TPSA) is 75.1 Å². The van der Waals surface area contributed by atoms with E-state index in [9.17, 15) is 4.79 Å². The largest absolute Gasteiger partial charge is 0.375 e. The van der Waals surface area contributed by atoms with Crippen molar-refractivity contribution in [3.8, 4) is 0 Å². The van der Waals surface area contributed by atoms with Crippen LogP contribution >= 0.6 is 36.4 Å². The summed E-state index contributed by atoms with van der Waals surface area (Å²) in [7, 11) is 3.77. The first kappa shape index (κ1) is 23.5. The standard InChI is InChI=1S/C17H23ClN6O.2ClH/c1-11-15(21-22-24(11)12-7-9-19-10-8-12)17(25)20-14-6-4-5-13(18)16(14)23(2)3;;/h4-6,12,19H,7-10H2,1-3H3,(H,20,25);2*1H. The number of rotatable bonds is 4. The van der Waals surface area contributed by atoms with Gasteiger partial charge in [-0.15, -0.1) is 29.9 Å². The van der Waals surface area contributed by atoms with Gasteiger partial charge in [-0.05, 0) is 45.0 Å². The van der Waals surface area contributed by atoms with Gasteiger partial charge in [0.1, 0.15) is 0 Å². The van der Waals surface area contributed by atoms with Crippen LogP contribution in [0, 0.1) is 6.92 Å². The maximum atomic E-state index is 12.7. The Labute approximate surface area is 176 Å². The van der Waals surface area contributed by atoms with Crippen LogP contribution in [-0.4, -0.2) is 48.1 Å². The minimum absolute atomic E-state index is 0. The molecule has 0 radical (unpaired) electrons. The number of nitrogens with one attached hydrogen (secondary N) is 2. The third-order valence-electron chi connectivity index (χ3n) is 4.48. The number of anilines is 2. The minimum Gasteiger partial charge on any atom is -0.375 e. The number of amides is 1. The quantitative estimate of drug-likeness (QED) is 0.770. The number of piperidine rings is 1.